The summed E-state index contributed by atoms with van der Waals surface area (Å²) in [4.78, 5) is 17.4. The van der Waals surface area contributed by atoms with Gasteiger partial charge in [0.15, 0.2) is 5.78 Å². The van der Waals surface area contributed by atoms with E-state index in [1.807, 2.05) is 26.0 Å². The van der Waals surface area contributed by atoms with E-state index in [-0.39, 0.29) is 5.78 Å². The Morgan fingerprint density at radius 2 is 1.68 bits per heavy atom. The Labute approximate surface area is 118 Å². The van der Waals surface area contributed by atoms with E-state index in [1.165, 1.54) is 5.56 Å². The standard InChI is InChI=1S/C16H17NOS/c1-11-8-12(2)16(13(3)9-11)15(18)10-19-14-4-6-17-7-5-14/h4-9H,10H2,1-3H3. The van der Waals surface area contributed by atoms with Crippen molar-refractivity contribution in [1.29, 1.82) is 0 Å². The first-order chi connectivity index (χ1) is 9.08. The number of hydrogen-bond donors (Lipinski definition) is 0. The molecule has 2 nitrogen and oxygen atoms in total. The quantitative estimate of drug-likeness (QED) is 0.622. The zero-order chi connectivity index (χ0) is 13.8. The minimum Gasteiger partial charge on any atom is -0.293 e. The van der Waals surface area contributed by atoms with E-state index in [1.54, 1.807) is 24.2 Å². The smallest absolute Gasteiger partial charge is 0.173 e. The lowest BCUT2D eigenvalue weighted by Crippen LogP contribution is -2.07. The molecule has 0 aliphatic heterocycles. The molecule has 0 saturated carbocycles. The highest BCUT2D eigenvalue weighted by Crippen LogP contribution is 2.22. The lowest BCUT2D eigenvalue weighted by atomic mass is 9.97. The van der Waals surface area contributed by atoms with E-state index in [0.29, 0.717) is 5.75 Å². The molecule has 19 heavy (non-hydrogen) atoms. The van der Waals surface area contributed by atoms with Crippen LogP contribution in [0.5, 0.6) is 0 Å². The Hall–Kier alpha value is -1.61. The SMILES string of the molecule is Cc1cc(C)c(C(=O)CSc2ccncc2)c(C)c1. The Balaban J connectivity index is 2.13. The third-order valence-electron chi connectivity index (χ3n) is 2.98. The lowest BCUT2D eigenvalue weighted by molar-refractivity contribution is 0.102. The van der Waals surface area contributed by atoms with Crippen molar-refractivity contribution in [3.63, 3.8) is 0 Å². The highest BCUT2D eigenvalue weighted by molar-refractivity contribution is 8.00. The molecule has 0 atom stereocenters. The molecule has 1 heterocycles. The summed E-state index contributed by atoms with van der Waals surface area (Å²) in [6.45, 7) is 6.06. The molecule has 0 bridgehead atoms. The molecule has 3 heteroatoms. The van der Waals surface area contributed by atoms with E-state index >= 15 is 0 Å². The van der Waals surface area contributed by atoms with Crippen LogP contribution in [-0.4, -0.2) is 16.5 Å². The van der Waals surface area contributed by atoms with Gasteiger partial charge in [-0.15, -0.1) is 11.8 Å². The van der Waals surface area contributed by atoms with Gasteiger partial charge in [0.1, 0.15) is 0 Å². The first kappa shape index (κ1) is 13.8. The van der Waals surface area contributed by atoms with Gasteiger partial charge in [0.05, 0.1) is 5.75 Å². The van der Waals surface area contributed by atoms with Gasteiger partial charge in [-0.2, -0.15) is 0 Å². The molecule has 0 unspecified atom stereocenters. The summed E-state index contributed by atoms with van der Waals surface area (Å²) < 4.78 is 0. The van der Waals surface area contributed by atoms with Crippen molar-refractivity contribution in [2.75, 3.05) is 5.75 Å². The molecule has 0 aliphatic rings. The van der Waals surface area contributed by atoms with E-state index in [4.69, 9.17) is 0 Å². The third kappa shape index (κ3) is 3.44. The summed E-state index contributed by atoms with van der Waals surface area (Å²) in [5.41, 5.74) is 4.20. The third-order valence-corrected chi connectivity index (χ3v) is 3.99. The van der Waals surface area contributed by atoms with Gasteiger partial charge < -0.3 is 0 Å². The summed E-state index contributed by atoms with van der Waals surface area (Å²) in [7, 11) is 0. The van der Waals surface area contributed by atoms with Crippen LogP contribution in [0.2, 0.25) is 0 Å². The topological polar surface area (TPSA) is 30.0 Å². The maximum Gasteiger partial charge on any atom is 0.173 e. The first-order valence-electron chi connectivity index (χ1n) is 6.22. The van der Waals surface area contributed by atoms with Gasteiger partial charge in [-0.25, -0.2) is 0 Å². The molecule has 0 aliphatic carbocycles. The second-order valence-corrected chi connectivity index (χ2v) is 5.72. The normalized spacial score (nSPS) is 10.5. The van der Waals surface area contributed by atoms with Crippen molar-refractivity contribution < 1.29 is 4.79 Å². The Bertz CT molecular complexity index is 570. The van der Waals surface area contributed by atoms with Crippen LogP contribution in [0, 0.1) is 20.8 Å². The van der Waals surface area contributed by atoms with Crippen LogP contribution in [0.1, 0.15) is 27.0 Å². The number of aromatic nitrogens is 1. The largest absolute Gasteiger partial charge is 0.293 e. The zero-order valence-corrected chi connectivity index (χ0v) is 12.3. The molecule has 1 aromatic carbocycles. The fourth-order valence-corrected chi connectivity index (χ4v) is 3.03. The number of benzene rings is 1. The van der Waals surface area contributed by atoms with Crippen LogP contribution in [-0.2, 0) is 0 Å². The Morgan fingerprint density at radius 3 is 2.26 bits per heavy atom. The van der Waals surface area contributed by atoms with E-state index in [2.05, 4.69) is 24.0 Å². The van der Waals surface area contributed by atoms with E-state index in [0.717, 1.165) is 21.6 Å². The number of nitrogens with zero attached hydrogens (tertiary/aromatic N) is 1. The van der Waals surface area contributed by atoms with Crippen LogP contribution >= 0.6 is 11.8 Å². The molecule has 2 aromatic rings. The average molecular weight is 271 g/mol. The number of pyridine rings is 1. The van der Waals surface area contributed by atoms with Crippen LogP contribution in [0.4, 0.5) is 0 Å². The zero-order valence-electron chi connectivity index (χ0n) is 11.4. The summed E-state index contributed by atoms with van der Waals surface area (Å²) in [6.07, 6.45) is 3.49. The van der Waals surface area contributed by atoms with Gasteiger partial charge in [-0.1, -0.05) is 17.7 Å². The molecule has 0 fully saturated rings. The number of ketones is 1. The number of aryl methyl sites for hydroxylation is 3. The molecule has 0 amide bonds. The fraction of sp³-hybridized carbons (Fsp3) is 0.250. The number of Topliss-reactive ketones (excluding diaryl/α,β-unsaturated/α-hetero) is 1. The van der Waals surface area contributed by atoms with E-state index < -0.39 is 0 Å². The van der Waals surface area contributed by atoms with Crippen molar-refractivity contribution >= 4 is 17.5 Å². The average Bonchev–Trinajstić information content (AvgIpc) is 2.36. The van der Waals surface area contributed by atoms with Gasteiger partial charge in [0, 0.05) is 22.9 Å². The number of hydrogen-bond acceptors (Lipinski definition) is 3. The van der Waals surface area contributed by atoms with Crippen molar-refractivity contribution in [3.05, 3.63) is 58.9 Å². The maximum absolute atomic E-state index is 12.3. The first-order valence-corrected chi connectivity index (χ1v) is 7.20. The minimum absolute atomic E-state index is 0.191. The summed E-state index contributed by atoms with van der Waals surface area (Å²) in [5.74, 6) is 0.659. The lowest BCUT2D eigenvalue weighted by Gasteiger charge is -2.10. The molecule has 2 rings (SSSR count). The Kier molecular flexibility index (Phi) is 4.38. The second kappa shape index (κ2) is 6.02. The summed E-state index contributed by atoms with van der Waals surface area (Å²) in [6, 6.07) is 7.98. The summed E-state index contributed by atoms with van der Waals surface area (Å²) in [5, 5.41) is 0. The molecule has 0 saturated heterocycles. The molecular formula is C16H17NOS. The highest BCUT2D eigenvalue weighted by Gasteiger charge is 2.13. The van der Waals surface area contributed by atoms with Gasteiger partial charge in [-0.3, -0.25) is 9.78 Å². The second-order valence-electron chi connectivity index (χ2n) is 4.67. The number of rotatable bonds is 4. The van der Waals surface area contributed by atoms with Gasteiger partial charge in [-0.05, 0) is 44.0 Å². The molecule has 0 radical (unpaired) electrons. The Morgan fingerprint density at radius 1 is 1.11 bits per heavy atom. The summed E-state index contributed by atoms with van der Waals surface area (Å²) >= 11 is 1.56. The van der Waals surface area contributed by atoms with Crippen molar-refractivity contribution in [3.8, 4) is 0 Å². The van der Waals surface area contributed by atoms with Gasteiger partial charge >= 0.3 is 0 Å². The van der Waals surface area contributed by atoms with Crippen LogP contribution in [0.25, 0.3) is 0 Å². The van der Waals surface area contributed by atoms with Gasteiger partial charge in [0.25, 0.3) is 0 Å². The van der Waals surface area contributed by atoms with Crippen LogP contribution in [0.15, 0.2) is 41.6 Å². The number of carbonyl (C=O) groups is 1. The van der Waals surface area contributed by atoms with E-state index in [9.17, 15) is 4.79 Å². The molecule has 1 aromatic heterocycles. The fourth-order valence-electron chi connectivity index (χ4n) is 2.28. The maximum atomic E-state index is 12.3. The van der Waals surface area contributed by atoms with Crippen molar-refractivity contribution in [2.24, 2.45) is 0 Å². The molecule has 0 spiro atoms. The highest BCUT2D eigenvalue weighted by atomic mass is 32.2. The minimum atomic E-state index is 0.191. The van der Waals surface area contributed by atoms with Crippen LogP contribution < -0.4 is 0 Å². The van der Waals surface area contributed by atoms with Gasteiger partial charge in [0.2, 0.25) is 0 Å². The number of thioether (sulfide) groups is 1. The number of carbonyl (C=O) groups excluding carboxylic acids is 1. The molecular weight excluding hydrogens is 254 g/mol. The van der Waals surface area contributed by atoms with Crippen molar-refractivity contribution in [2.45, 2.75) is 25.7 Å². The monoisotopic (exact) mass is 271 g/mol. The molecule has 98 valence electrons. The van der Waals surface area contributed by atoms with Crippen LogP contribution in [0.3, 0.4) is 0 Å². The predicted molar refractivity (Wildman–Crippen MR) is 79.9 cm³/mol. The van der Waals surface area contributed by atoms with Crippen molar-refractivity contribution in [1.82, 2.24) is 4.98 Å². The predicted octanol–water partition coefficient (Wildman–Crippen LogP) is 3.98. The molecule has 0 N–H and O–H groups in total.